The van der Waals surface area contributed by atoms with E-state index in [9.17, 15) is 13.2 Å². The minimum absolute atomic E-state index is 0.280. The van der Waals surface area contributed by atoms with Gasteiger partial charge in [0, 0.05) is 12.1 Å². The molecule has 2 rings (SSSR count). The van der Waals surface area contributed by atoms with Crippen molar-refractivity contribution in [1.29, 1.82) is 0 Å². The molecule has 2 unspecified atom stereocenters. The molecular formula is C15H21F3N2O. The summed E-state index contributed by atoms with van der Waals surface area (Å²) in [5.74, 6) is 0.752. The molecule has 6 heteroatoms. The van der Waals surface area contributed by atoms with E-state index in [1.807, 2.05) is 12.1 Å². The number of fused-ring (bicyclic) bond motifs is 1. The summed E-state index contributed by atoms with van der Waals surface area (Å²) >= 11 is 0. The number of rotatable bonds is 4. The number of ether oxygens (including phenoxy) is 1. The Morgan fingerprint density at radius 2 is 2.10 bits per heavy atom. The standard InChI is InChI=1S/C15H21F3N2O/c1-3-20(9-15(16,17)18)13-7-4-10-8-11(21-2)5-6-12(10)14(13)19/h5-6,8,13-14H,3-4,7,9,19H2,1-2H3. The number of nitrogens with two attached hydrogens (primary N) is 1. The van der Waals surface area contributed by atoms with E-state index >= 15 is 0 Å². The minimum atomic E-state index is -4.20. The van der Waals surface area contributed by atoms with Crippen LogP contribution in [-0.4, -0.2) is 37.3 Å². The van der Waals surface area contributed by atoms with Crippen LogP contribution in [0, 0.1) is 0 Å². The van der Waals surface area contributed by atoms with Gasteiger partial charge in [-0.2, -0.15) is 13.2 Å². The molecule has 0 spiro atoms. The first-order chi connectivity index (χ1) is 9.85. The molecule has 118 valence electrons. The van der Waals surface area contributed by atoms with Crippen molar-refractivity contribution in [3.63, 3.8) is 0 Å². The van der Waals surface area contributed by atoms with Gasteiger partial charge in [0.25, 0.3) is 0 Å². The average molecular weight is 302 g/mol. The van der Waals surface area contributed by atoms with E-state index < -0.39 is 18.8 Å². The van der Waals surface area contributed by atoms with E-state index in [4.69, 9.17) is 10.5 Å². The number of benzene rings is 1. The Kier molecular flexibility index (Phi) is 4.78. The zero-order chi connectivity index (χ0) is 15.6. The lowest BCUT2D eigenvalue weighted by Crippen LogP contribution is -2.48. The Hall–Kier alpha value is -1.27. The zero-order valence-corrected chi connectivity index (χ0v) is 12.3. The second kappa shape index (κ2) is 6.23. The molecule has 0 fully saturated rings. The fourth-order valence-electron chi connectivity index (χ4n) is 3.04. The van der Waals surface area contributed by atoms with E-state index in [1.54, 1.807) is 20.1 Å². The quantitative estimate of drug-likeness (QED) is 0.929. The summed E-state index contributed by atoms with van der Waals surface area (Å²) < 4.78 is 43.2. The second-order valence-corrected chi connectivity index (χ2v) is 5.37. The highest BCUT2D eigenvalue weighted by Crippen LogP contribution is 2.34. The van der Waals surface area contributed by atoms with Crippen molar-refractivity contribution >= 4 is 0 Å². The van der Waals surface area contributed by atoms with Crippen LogP contribution in [0.1, 0.15) is 30.5 Å². The van der Waals surface area contributed by atoms with Gasteiger partial charge in [-0.15, -0.1) is 0 Å². The summed E-state index contributed by atoms with van der Waals surface area (Å²) in [5.41, 5.74) is 8.22. The van der Waals surface area contributed by atoms with Crippen LogP contribution in [0.15, 0.2) is 18.2 Å². The van der Waals surface area contributed by atoms with Crippen molar-refractivity contribution in [2.45, 2.75) is 38.0 Å². The van der Waals surface area contributed by atoms with E-state index in [0.29, 0.717) is 13.0 Å². The maximum Gasteiger partial charge on any atom is 0.401 e. The molecule has 1 aromatic carbocycles. The molecule has 0 radical (unpaired) electrons. The van der Waals surface area contributed by atoms with Crippen LogP contribution >= 0.6 is 0 Å². The smallest absolute Gasteiger partial charge is 0.401 e. The number of methoxy groups -OCH3 is 1. The monoisotopic (exact) mass is 302 g/mol. The summed E-state index contributed by atoms with van der Waals surface area (Å²) in [6.45, 7) is 1.17. The SMILES string of the molecule is CCN(CC(F)(F)F)C1CCc2cc(OC)ccc2C1N. The van der Waals surface area contributed by atoms with Gasteiger partial charge in [-0.25, -0.2) is 0 Å². The van der Waals surface area contributed by atoms with Crippen LogP contribution in [0.2, 0.25) is 0 Å². The summed E-state index contributed by atoms with van der Waals surface area (Å²) in [5, 5.41) is 0. The van der Waals surface area contributed by atoms with Gasteiger partial charge >= 0.3 is 6.18 Å². The Balaban J connectivity index is 2.21. The molecule has 1 aromatic rings. The van der Waals surface area contributed by atoms with Gasteiger partial charge < -0.3 is 10.5 Å². The molecule has 0 bridgehead atoms. The fourth-order valence-corrected chi connectivity index (χ4v) is 3.04. The van der Waals surface area contributed by atoms with Gasteiger partial charge in [0.1, 0.15) is 5.75 Å². The average Bonchev–Trinajstić information content (AvgIpc) is 2.44. The van der Waals surface area contributed by atoms with Crippen molar-refractivity contribution in [1.82, 2.24) is 4.90 Å². The predicted molar refractivity (Wildman–Crippen MR) is 75.3 cm³/mol. The Labute approximate surface area is 122 Å². The molecule has 0 saturated heterocycles. The van der Waals surface area contributed by atoms with Gasteiger partial charge in [-0.3, -0.25) is 4.90 Å². The van der Waals surface area contributed by atoms with Crippen LogP contribution in [-0.2, 0) is 6.42 Å². The molecule has 1 aliphatic rings. The van der Waals surface area contributed by atoms with Crippen LogP contribution in [0.3, 0.4) is 0 Å². The lowest BCUT2D eigenvalue weighted by molar-refractivity contribution is -0.151. The maximum atomic E-state index is 12.7. The number of likely N-dealkylation sites (N-methyl/N-ethyl adjacent to an activating group) is 1. The summed E-state index contributed by atoms with van der Waals surface area (Å²) in [7, 11) is 1.59. The molecule has 2 N–H and O–H groups in total. The van der Waals surface area contributed by atoms with Gasteiger partial charge in [0.2, 0.25) is 0 Å². The molecule has 0 aliphatic heterocycles. The molecule has 0 saturated carbocycles. The summed E-state index contributed by atoms with van der Waals surface area (Å²) in [4.78, 5) is 1.43. The molecule has 3 nitrogen and oxygen atoms in total. The van der Waals surface area contributed by atoms with Crippen molar-refractivity contribution < 1.29 is 17.9 Å². The van der Waals surface area contributed by atoms with Crippen molar-refractivity contribution in [2.24, 2.45) is 5.73 Å². The summed E-state index contributed by atoms with van der Waals surface area (Å²) in [6.07, 6.45) is -2.85. The third-order valence-corrected chi connectivity index (χ3v) is 4.09. The van der Waals surface area contributed by atoms with Gasteiger partial charge in [-0.05, 0) is 42.6 Å². The number of aryl methyl sites for hydroxylation is 1. The molecular weight excluding hydrogens is 281 g/mol. The van der Waals surface area contributed by atoms with Gasteiger partial charge in [0.05, 0.1) is 13.7 Å². The highest BCUT2D eigenvalue weighted by Gasteiger charge is 2.37. The molecule has 0 amide bonds. The normalized spacial score (nSPS) is 22.2. The van der Waals surface area contributed by atoms with E-state index in [0.717, 1.165) is 23.3 Å². The van der Waals surface area contributed by atoms with Gasteiger partial charge in [0.15, 0.2) is 0 Å². The fraction of sp³-hybridized carbons (Fsp3) is 0.600. The highest BCUT2D eigenvalue weighted by atomic mass is 19.4. The lowest BCUT2D eigenvalue weighted by Gasteiger charge is -2.39. The number of hydrogen-bond donors (Lipinski definition) is 1. The van der Waals surface area contributed by atoms with Crippen LogP contribution in [0.5, 0.6) is 5.75 Å². The van der Waals surface area contributed by atoms with Crippen molar-refractivity contribution in [2.75, 3.05) is 20.2 Å². The van der Waals surface area contributed by atoms with Crippen LogP contribution in [0.4, 0.5) is 13.2 Å². The van der Waals surface area contributed by atoms with E-state index in [1.165, 1.54) is 4.90 Å². The van der Waals surface area contributed by atoms with Gasteiger partial charge in [-0.1, -0.05) is 13.0 Å². The number of nitrogens with zero attached hydrogens (tertiary/aromatic N) is 1. The highest BCUT2D eigenvalue weighted by molar-refractivity contribution is 5.40. The number of alkyl halides is 3. The number of halogens is 3. The molecule has 2 atom stereocenters. The Bertz CT molecular complexity index is 490. The predicted octanol–water partition coefficient (Wildman–Crippen LogP) is 2.89. The number of hydrogen-bond acceptors (Lipinski definition) is 3. The Morgan fingerprint density at radius 1 is 1.38 bits per heavy atom. The molecule has 0 aromatic heterocycles. The lowest BCUT2D eigenvalue weighted by atomic mass is 9.83. The van der Waals surface area contributed by atoms with E-state index in [-0.39, 0.29) is 6.04 Å². The Morgan fingerprint density at radius 3 is 2.67 bits per heavy atom. The van der Waals surface area contributed by atoms with Crippen molar-refractivity contribution in [3.05, 3.63) is 29.3 Å². The molecule has 1 aliphatic carbocycles. The topological polar surface area (TPSA) is 38.5 Å². The van der Waals surface area contributed by atoms with Crippen LogP contribution in [0.25, 0.3) is 0 Å². The van der Waals surface area contributed by atoms with Crippen LogP contribution < -0.4 is 10.5 Å². The van der Waals surface area contributed by atoms with E-state index in [2.05, 4.69) is 0 Å². The zero-order valence-electron chi connectivity index (χ0n) is 12.3. The third kappa shape index (κ3) is 3.68. The largest absolute Gasteiger partial charge is 0.497 e. The second-order valence-electron chi connectivity index (χ2n) is 5.37. The first kappa shape index (κ1) is 16.1. The minimum Gasteiger partial charge on any atom is -0.497 e. The van der Waals surface area contributed by atoms with Crippen molar-refractivity contribution in [3.8, 4) is 5.75 Å². The third-order valence-electron chi connectivity index (χ3n) is 4.09. The first-order valence-corrected chi connectivity index (χ1v) is 7.09. The molecule has 21 heavy (non-hydrogen) atoms. The maximum absolute atomic E-state index is 12.7. The first-order valence-electron chi connectivity index (χ1n) is 7.09. The summed E-state index contributed by atoms with van der Waals surface area (Å²) in [6, 6.07) is 4.92. The molecule has 0 heterocycles.